The van der Waals surface area contributed by atoms with Crippen LogP contribution in [-0.2, 0) is 0 Å². The molecule has 5 heteroatoms. The molecule has 116 valence electrons. The van der Waals surface area contributed by atoms with E-state index in [4.69, 9.17) is 12.2 Å². The fraction of sp³-hybridized carbons (Fsp3) is 0.562. The second-order valence-electron chi connectivity index (χ2n) is 5.45. The number of H-pyrrole nitrogens is 1. The van der Waals surface area contributed by atoms with Crippen molar-refractivity contribution in [2.75, 3.05) is 19.6 Å². The van der Waals surface area contributed by atoms with Gasteiger partial charge in [-0.3, -0.25) is 0 Å². The number of rotatable bonds is 7. The summed E-state index contributed by atoms with van der Waals surface area (Å²) in [6.45, 7) is 9.79. The zero-order valence-electron chi connectivity index (χ0n) is 13.0. The third kappa shape index (κ3) is 3.52. The molecule has 0 aliphatic carbocycles. The molecule has 0 spiro atoms. The molecule has 1 N–H and O–H groups in total. The second kappa shape index (κ2) is 7.18. The Morgan fingerprint density at radius 2 is 2.05 bits per heavy atom. The fourth-order valence-corrected chi connectivity index (χ4v) is 3.21. The van der Waals surface area contributed by atoms with Crippen molar-refractivity contribution in [2.24, 2.45) is 0 Å². The first-order chi connectivity index (χ1) is 10.1. The highest BCUT2D eigenvalue weighted by Gasteiger charge is 2.13. The SMILES string of the molecule is CCN(CC)CCCC(C)n1c(=S)[nH]c2c(F)cccc21. The lowest BCUT2D eigenvalue weighted by atomic mass is 10.1. The van der Waals surface area contributed by atoms with Crippen molar-refractivity contribution in [3.05, 3.63) is 28.8 Å². The van der Waals surface area contributed by atoms with E-state index in [0.717, 1.165) is 38.0 Å². The van der Waals surface area contributed by atoms with Gasteiger partial charge in [-0.05, 0) is 63.8 Å². The van der Waals surface area contributed by atoms with Crippen LogP contribution in [0.1, 0.15) is 39.7 Å². The Hall–Kier alpha value is -1.20. The number of imidazole rings is 1. The summed E-state index contributed by atoms with van der Waals surface area (Å²) in [7, 11) is 0. The van der Waals surface area contributed by atoms with E-state index in [0.29, 0.717) is 10.3 Å². The molecule has 0 fully saturated rings. The van der Waals surface area contributed by atoms with Crippen LogP contribution >= 0.6 is 12.2 Å². The molecule has 0 aliphatic rings. The smallest absolute Gasteiger partial charge is 0.178 e. The second-order valence-corrected chi connectivity index (χ2v) is 5.84. The molecule has 1 unspecified atom stereocenters. The molecule has 3 nitrogen and oxygen atoms in total. The van der Waals surface area contributed by atoms with Crippen molar-refractivity contribution >= 4 is 23.3 Å². The van der Waals surface area contributed by atoms with Crippen LogP contribution in [0, 0.1) is 10.6 Å². The first-order valence-corrected chi connectivity index (χ1v) is 8.10. The molecule has 0 radical (unpaired) electrons. The Bertz CT molecular complexity index is 642. The summed E-state index contributed by atoms with van der Waals surface area (Å²) in [5.74, 6) is -0.243. The predicted molar refractivity (Wildman–Crippen MR) is 88.8 cm³/mol. The minimum Gasteiger partial charge on any atom is -0.328 e. The molecule has 0 saturated carbocycles. The van der Waals surface area contributed by atoms with Gasteiger partial charge in [0, 0.05) is 6.04 Å². The highest BCUT2D eigenvalue weighted by atomic mass is 32.1. The van der Waals surface area contributed by atoms with Gasteiger partial charge in [0.1, 0.15) is 11.3 Å². The Morgan fingerprint density at radius 1 is 1.33 bits per heavy atom. The highest BCUT2D eigenvalue weighted by molar-refractivity contribution is 7.71. The molecule has 21 heavy (non-hydrogen) atoms. The minimum atomic E-state index is -0.243. The number of nitrogens with one attached hydrogen (secondary N) is 1. The number of aromatic nitrogens is 2. The van der Waals surface area contributed by atoms with Crippen molar-refractivity contribution in [3.63, 3.8) is 0 Å². The van der Waals surface area contributed by atoms with Gasteiger partial charge >= 0.3 is 0 Å². The van der Waals surface area contributed by atoms with Gasteiger partial charge in [-0.1, -0.05) is 19.9 Å². The summed E-state index contributed by atoms with van der Waals surface area (Å²) >= 11 is 5.37. The zero-order valence-corrected chi connectivity index (χ0v) is 13.8. The molecular weight excluding hydrogens is 285 g/mol. The van der Waals surface area contributed by atoms with Crippen LogP contribution in [-0.4, -0.2) is 34.1 Å². The maximum Gasteiger partial charge on any atom is 0.178 e. The third-order valence-electron chi connectivity index (χ3n) is 4.13. The Balaban J connectivity index is 2.13. The van der Waals surface area contributed by atoms with E-state index in [2.05, 4.69) is 30.7 Å². The first kappa shape index (κ1) is 16.2. The van der Waals surface area contributed by atoms with Gasteiger partial charge in [-0.15, -0.1) is 0 Å². The van der Waals surface area contributed by atoms with Crippen molar-refractivity contribution in [2.45, 2.75) is 39.7 Å². The number of benzene rings is 1. The van der Waals surface area contributed by atoms with Crippen LogP contribution in [0.25, 0.3) is 11.0 Å². The zero-order chi connectivity index (χ0) is 15.4. The summed E-state index contributed by atoms with van der Waals surface area (Å²) in [4.78, 5) is 5.41. The van der Waals surface area contributed by atoms with Gasteiger partial charge in [0.15, 0.2) is 4.77 Å². The van der Waals surface area contributed by atoms with E-state index in [9.17, 15) is 4.39 Å². The van der Waals surface area contributed by atoms with Crippen molar-refractivity contribution in [3.8, 4) is 0 Å². The van der Waals surface area contributed by atoms with Crippen LogP contribution in [0.5, 0.6) is 0 Å². The Kier molecular flexibility index (Phi) is 5.53. The van der Waals surface area contributed by atoms with E-state index in [1.54, 1.807) is 6.07 Å². The van der Waals surface area contributed by atoms with Gasteiger partial charge in [0.05, 0.1) is 5.52 Å². The number of fused-ring (bicyclic) bond motifs is 1. The lowest BCUT2D eigenvalue weighted by molar-refractivity contribution is 0.288. The van der Waals surface area contributed by atoms with Gasteiger partial charge in [0.25, 0.3) is 0 Å². The van der Waals surface area contributed by atoms with Gasteiger partial charge in [0.2, 0.25) is 0 Å². The van der Waals surface area contributed by atoms with Crippen molar-refractivity contribution < 1.29 is 4.39 Å². The molecule has 2 rings (SSSR count). The molecule has 0 aliphatic heterocycles. The predicted octanol–water partition coefficient (Wildman–Crippen LogP) is 4.52. The van der Waals surface area contributed by atoms with Crippen LogP contribution in [0.2, 0.25) is 0 Å². The van der Waals surface area contributed by atoms with Gasteiger partial charge in [-0.25, -0.2) is 4.39 Å². The minimum absolute atomic E-state index is 0.243. The van der Waals surface area contributed by atoms with E-state index >= 15 is 0 Å². The van der Waals surface area contributed by atoms with E-state index in [1.807, 2.05) is 10.6 Å². The third-order valence-corrected chi connectivity index (χ3v) is 4.43. The van der Waals surface area contributed by atoms with Crippen LogP contribution < -0.4 is 0 Å². The molecule has 2 aromatic rings. The molecule has 1 aromatic carbocycles. The Labute approximate surface area is 130 Å². The summed E-state index contributed by atoms with van der Waals surface area (Å²) in [5.41, 5.74) is 1.37. The maximum atomic E-state index is 13.8. The molecule has 1 aromatic heterocycles. The van der Waals surface area contributed by atoms with Crippen molar-refractivity contribution in [1.29, 1.82) is 0 Å². The molecule has 1 atom stereocenters. The molecule has 0 amide bonds. The monoisotopic (exact) mass is 309 g/mol. The number of nitrogens with zero attached hydrogens (tertiary/aromatic N) is 2. The molecule has 0 bridgehead atoms. The van der Waals surface area contributed by atoms with Crippen LogP contribution in [0.3, 0.4) is 0 Å². The summed E-state index contributed by atoms with van der Waals surface area (Å²) < 4.78 is 16.4. The van der Waals surface area contributed by atoms with E-state index < -0.39 is 0 Å². The number of halogens is 1. The number of hydrogen-bond acceptors (Lipinski definition) is 2. The van der Waals surface area contributed by atoms with Crippen LogP contribution in [0.15, 0.2) is 18.2 Å². The lowest BCUT2D eigenvalue weighted by Crippen LogP contribution is -2.24. The summed E-state index contributed by atoms with van der Waals surface area (Å²) in [5, 5.41) is 0. The lowest BCUT2D eigenvalue weighted by Gasteiger charge is -2.20. The fourth-order valence-electron chi connectivity index (χ4n) is 2.83. The number of aromatic amines is 1. The summed E-state index contributed by atoms with van der Waals surface area (Å²) in [6.07, 6.45) is 2.15. The topological polar surface area (TPSA) is 24.0 Å². The highest BCUT2D eigenvalue weighted by Crippen LogP contribution is 2.23. The average Bonchev–Trinajstić information content (AvgIpc) is 2.81. The first-order valence-electron chi connectivity index (χ1n) is 7.69. The molecule has 1 heterocycles. The maximum absolute atomic E-state index is 13.8. The number of para-hydroxylation sites is 1. The van der Waals surface area contributed by atoms with Gasteiger partial charge < -0.3 is 14.5 Å². The molecule has 0 saturated heterocycles. The van der Waals surface area contributed by atoms with E-state index in [1.165, 1.54) is 6.07 Å². The summed E-state index contributed by atoms with van der Waals surface area (Å²) in [6, 6.07) is 5.39. The quantitative estimate of drug-likeness (QED) is 0.760. The van der Waals surface area contributed by atoms with E-state index in [-0.39, 0.29) is 11.9 Å². The van der Waals surface area contributed by atoms with Gasteiger partial charge in [-0.2, -0.15) is 0 Å². The largest absolute Gasteiger partial charge is 0.328 e. The molecular formula is C16H24FN3S. The normalized spacial score (nSPS) is 13.2. The van der Waals surface area contributed by atoms with Crippen molar-refractivity contribution in [1.82, 2.24) is 14.5 Å². The van der Waals surface area contributed by atoms with Crippen LogP contribution in [0.4, 0.5) is 4.39 Å². The average molecular weight is 309 g/mol. The standard InChI is InChI=1S/C16H24FN3S/c1-4-19(5-2)11-7-8-12(3)20-14-10-6-9-13(17)15(14)18-16(20)21/h6,9-10,12H,4-5,7-8,11H2,1-3H3,(H,18,21). The Morgan fingerprint density at radius 3 is 2.71 bits per heavy atom. The number of hydrogen-bond donors (Lipinski definition) is 1.